The van der Waals surface area contributed by atoms with Crippen molar-refractivity contribution in [3.63, 3.8) is 0 Å². The van der Waals surface area contributed by atoms with Gasteiger partial charge in [-0.05, 0) is 25.1 Å². The Morgan fingerprint density at radius 1 is 1.18 bits per heavy atom. The molecule has 0 unspecified atom stereocenters. The molecule has 0 radical (unpaired) electrons. The van der Waals surface area contributed by atoms with Crippen LogP contribution in [0.25, 0.3) is 0 Å². The van der Waals surface area contributed by atoms with Crippen molar-refractivity contribution in [3.05, 3.63) is 51.9 Å². The molecule has 0 aliphatic heterocycles. The van der Waals surface area contributed by atoms with E-state index in [9.17, 15) is 0 Å². The van der Waals surface area contributed by atoms with E-state index >= 15 is 0 Å². The van der Waals surface area contributed by atoms with Gasteiger partial charge in [-0.25, -0.2) is 9.97 Å². The highest BCUT2D eigenvalue weighted by Gasteiger charge is 2.05. The number of rotatable bonds is 3. The minimum absolute atomic E-state index is 0.537. The van der Waals surface area contributed by atoms with E-state index in [-0.39, 0.29) is 0 Å². The molecule has 0 saturated heterocycles. The smallest absolute Gasteiger partial charge is 0.129 e. The van der Waals surface area contributed by atoms with Crippen molar-refractivity contribution in [1.82, 2.24) is 9.97 Å². The molecule has 0 aliphatic rings. The van der Waals surface area contributed by atoms with Gasteiger partial charge >= 0.3 is 0 Å². The Bertz CT molecular complexity index is 509. The van der Waals surface area contributed by atoms with Gasteiger partial charge in [-0.2, -0.15) is 0 Å². The van der Waals surface area contributed by atoms with Crippen LogP contribution in [-0.2, 0) is 6.54 Å². The summed E-state index contributed by atoms with van der Waals surface area (Å²) in [5.74, 6) is 1.48. The molecule has 0 atom stereocenters. The molecular formula is C12H11Cl2N3. The van der Waals surface area contributed by atoms with Crippen molar-refractivity contribution in [3.8, 4) is 0 Å². The fraction of sp³-hybridized carbons (Fsp3) is 0.167. The number of benzene rings is 1. The van der Waals surface area contributed by atoms with E-state index in [4.69, 9.17) is 23.2 Å². The summed E-state index contributed by atoms with van der Waals surface area (Å²) in [6, 6.07) is 7.26. The Labute approximate surface area is 110 Å². The average Bonchev–Trinajstić information content (AvgIpc) is 2.28. The Kier molecular flexibility index (Phi) is 3.82. The zero-order valence-corrected chi connectivity index (χ0v) is 10.8. The van der Waals surface area contributed by atoms with E-state index < -0.39 is 0 Å². The van der Waals surface area contributed by atoms with Crippen molar-refractivity contribution in [1.29, 1.82) is 0 Å². The molecule has 2 aromatic rings. The van der Waals surface area contributed by atoms with Crippen LogP contribution in [0.1, 0.15) is 11.4 Å². The predicted octanol–water partition coefficient (Wildman–Crippen LogP) is 3.70. The van der Waals surface area contributed by atoms with Crippen molar-refractivity contribution < 1.29 is 0 Å². The second-order valence-corrected chi connectivity index (χ2v) is 4.36. The van der Waals surface area contributed by atoms with E-state index in [0.717, 1.165) is 17.2 Å². The number of aryl methyl sites for hydroxylation is 1. The molecule has 88 valence electrons. The third-order valence-corrected chi connectivity index (χ3v) is 2.99. The number of hydrogen-bond acceptors (Lipinski definition) is 3. The van der Waals surface area contributed by atoms with Gasteiger partial charge in [-0.1, -0.05) is 29.3 Å². The van der Waals surface area contributed by atoms with Crippen LogP contribution in [0.3, 0.4) is 0 Å². The fourth-order valence-electron chi connectivity index (χ4n) is 1.43. The zero-order chi connectivity index (χ0) is 12.3. The SMILES string of the molecule is Cc1nccc(NCc2c(Cl)cccc2Cl)n1. The average molecular weight is 268 g/mol. The zero-order valence-electron chi connectivity index (χ0n) is 9.24. The molecule has 1 aromatic heterocycles. The van der Waals surface area contributed by atoms with Crippen LogP contribution in [-0.4, -0.2) is 9.97 Å². The van der Waals surface area contributed by atoms with E-state index in [0.29, 0.717) is 16.6 Å². The molecule has 5 heteroatoms. The summed E-state index contributed by atoms with van der Waals surface area (Å²) in [6.07, 6.45) is 1.71. The van der Waals surface area contributed by atoms with Crippen LogP contribution < -0.4 is 5.32 Å². The quantitative estimate of drug-likeness (QED) is 0.922. The summed E-state index contributed by atoms with van der Waals surface area (Å²) in [7, 11) is 0. The molecule has 0 saturated carbocycles. The van der Waals surface area contributed by atoms with Gasteiger partial charge in [0.15, 0.2) is 0 Å². The minimum Gasteiger partial charge on any atom is -0.366 e. The van der Waals surface area contributed by atoms with Crippen molar-refractivity contribution in [2.45, 2.75) is 13.5 Å². The number of anilines is 1. The highest BCUT2D eigenvalue weighted by Crippen LogP contribution is 2.24. The molecule has 2 rings (SSSR count). The van der Waals surface area contributed by atoms with Crippen molar-refractivity contribution in [2.75, 3.05) is 5.32 Å². The van der Waals surface area contributed by atoms with Crippen LogP contribution in [0.2, 0.25) is 10.0 Å². The molecule has 0 bridgehead atoms. The Morgan fingerprint density at radius 3 is 2.53 bits per heavy atom. The summed E-state index contributed by atoms with van der Waals surface area (Å²) in [5, 5.41) is 4.46. The lowest BCUT2D eigenvalue weighted by Gasteiger charge is -2.09. The van der Waals surface area contributed by atoms with E-state index in [1.807, 2.05) is 25.1 Å². The number of nitrogens with zero attached hydrogens (tertiary/aromatic N) is 2. The van der Waals surface area contributed by atoms with E-state index in [1.165, 1.54) is 0 Å². The first-order chi connectivity index (χ1) is 8.16. The molecule has 0 amide bonds. The first kappa shape index (κ1) is 12.1. The molecule has 0 aliphatic carbocycles. The third-order valence-electron chi connectivity index (χ3n) is 2.28. The normalized spacial score (nSPS) is 10.3. The number of hydrogen-bond donors (Lipinski definition) is 1. The van der Waals surface area contributed by atoms with Crippen LogP contribution in [0, 0.1) is 6.92 Å². The second-order valence-electron chi connectivity index (χ2n) is 3.54. The predicted molar refractivity (Wildman–Crippen MR) is 70.6 cm³/mol. The van der Waals surface area contributed by atoms with Gasteiger partial charge < -0.3 is 5.32 Å². The number of nitrogens with one attached hydrogen (secondary N) is 1. The van der Waals surface area contributed by atoms with E-state index in [1.54, 1.807) is 12.3 Å². The van der Waals surface area contributed by atoms with Gasteiger partial charge in [-0.3, -0.25) is 0 Å². The summed E-state index contributed by atoms with van der Waals surface area (Å²) in [4.78, 5) is 8.27. The largest absolute Gasteiger partial charge is 0.366 e. The molecule has 1 aromatic carbocycles. The Hall–Kier alpha value is -1.32. The lowest BCUT2D eigenvalue weighted by molar-refractivity contribution is 1.02. The summed E-state index contributed by atoms with van der Waals surface area (Å²) in [5.41, 5.74) is 0.868. The van der Waals surface area contributed by atoms with Gasteiger partial charge in [0.2, 0.25) is 0 Å². The van der Waals surface area contributed by atoms with Gasteiger partial charge in [0.05, 0.1) is 0 Å². The lowest BCUT2D eigenvalue weighted by atomic mass is 10.2. The number of halogens is 2. The lowest BCUT2D eigenvalue weighted by Crippen LogP contribution is -2.03. The molecule has 3 nitrogen and oxygen atoms in total. The van der Waals surface area contributed by atoms with Crippen LogP contribution in [0.4, 0.5) is 5.82 Å². The number of aromatic nitrogens is 2. The first-order valence-electron chi connectivity index (χ1n) is 5.13. The highest BCUT2D eigenvalue weighted by atomic mass is 35.5. The molecule has 1 N–H and O–H groups in total. The van der Waals surface area contributed by atoms with Crippen LogP contribution >= 0.6 is 23.2 Å². The maximum Gasteiger partial charge on any atom is 0.129 e. The second kappa shape index (κ2) is 5.34. The molecular weight excluding hydrogens is 257 g/mol. The van der Waals surface area contributed by atoms with Gasteiger partial charge in [0, 0.05) is 28.4 Å². The third kappa shape index (κ3) is 3.08. The summed E-state index contributed by atoms with van der Waals surface area (Å²) >= 11 is 12.1. The van der Waals surface area contributed by atoms with Crippen LogP contribution in [0.15, 0.2) is 30.5 Å². The first-order valence-corrected chi connectivity index (χ1v) is 5.89. The highest BCUT2D eigenvalue weighted by molar-refractivity contribution is 6.36. The Morgan fingerprint density at radius 2 is 1.88 bits per heavy atom. The maximum atomic E-state index is 6.07. The van der Waals surface area contributed by atoms with Crippen molar-refractivity contribution >= 4 is 29.0 Å². The minimum atomic E-state index is 0.537. The Balaban J connectivity index is 2.13. The van der Waals surface area contributed by atoms with Gasteiger partial charge in [0.25, 0.3) is 0 Å². The molecule has 17 heavy (non-hydrogen) atoms. The van der Waals surface area contributed by atoms with Crippen molar-refractivity contribution in [2.24, 2.45) is 0 Å². The molecule has 1 heterocycles. The summed E-state index contributed by atoms with van der Waals surface area (Å²) < 4.78 is 0. The topological polar surface area (TPSA) is 37.8 Å². The molecule has 0 spiro atoms. The van der Waals surface area contributed by atoms with Crippen LogP contribution in [0.5, 0.6) is 0 Å². The maximum absolute atomic E-state index is 6.07. The fourth-order valence-corrected chi connectivity index (χ4v) is 1.97. The standard InChI is InChI=1S/C12H11Cl2N3/c1-8-15-6-5-12(17-8)16-7-9-10(13)3-2-4-11(9)14/h2-6H,7H2,1H3,(H,15,16,17). The molecule has 0 fully saturated rings. The summed E-state index contributed by atoms with van der Waals surface area (Å²) in [6.45, 7) is 2.38. The van der Waals surface area contributed by atoms with E-state index in [2.05, 4.69) is 15.3 Å². The monoisotopic (exact) mass is 267 g/mol. The van der Waals surface area contributed by atoms with Gasteiger partial charge in [-0.15, -0.1) is 0 Å². The van der Waals surface area contributed by atoms with Gasteiger partial charge in [0.1, 0.15) is 11.6 Å².